The van der Waals surface area contributed by atoms with Gasteiger partial charge in [-0.3, -0.25) is 4.68 Å². The van der Waals surface area contributed by atoms with Gasteiger partial charge in [-0.25, -0.2) is 0 Å². The van der Waals surface area contributed by atoms with Crippen LogP contribution in [-0.2, 0) is 6.54 Å². The summed E-state index contributed by atoms with van der Waals surface area (Å²) in [5.74, 6) is 0. The third kappa shape index (κ3) is 1.45. The fraction of sp³-hybridized carbons (Fsp3) is 0.250. The summed E-state index contributed by atoms with van der Waals surface area (Å²) >= 11 is 0. The Kier molecular flexibility index (Phi) is 2.03. The smallest absolute Gasteiger partial charge is 0.0896 e. The van der Waals surface area contributed by atoms with Gasteiger partial charge in [0.25, 0.3) is 0 Å². The summed E-state index contributed by atoms with van der Waals surface area (Å²) in [5.41, 5.74) is 2.77. The number of benzene rings is 1. The first-order valence-corrected chi connectivity index (χ1v) is 5.23. The zero-order chi connectivity index (χ0) is 10.1. The van der Waals surface area contributed by atoms with Crippen molar-refractivity contribution in [3.8, 4) is 0 Å². The Balaban J connectivity index is 2.06. The maximum atomic E-state index is 4.32. The van der Waals surface area contributed by atoms with E-state index in [-0.39, 0.29) is 0 Å². The van der Waals surface area contributed by atoms with Gasteiger partial charge in [-0.2, -0.15) is 5.10 Å². The molecule has 1 aliphatic rings. The Morgan fingerprint density at radius 3 is 3.07 bits per heavy atom. The summed E-state index contributed by atoms with van der Waals surface area (Å²) < 4.78 is 2.02. The van der Waals surface area contributed by atoms with Crippen LogP contribution < -0.4 is 5.32 Å². The Hall–Kier alpha value is -1.61. The monoisotopic (exact) mass is 199 g/mol. The first kappa shape index (κ1) is 8.68. The average molecular weight is 199 g/mol. The summed E-state index contributed by atoms with van der Waals surface area (Å²) in [4.78, 5) is 0. The van der Waals surface area contributed by atoms with Gasteiger partial charge in [0.1, 0.15) is 0 Å². The highest BCUT2D eigenvalue weighted by atomic mass is 15.3. The summed E-state index contributed by atoms with van der Waals surface area (Å²) in [5, 5.41) is 7.73. The summed E-state index contributed by atoms with van der Waals surface area (Å²) in [7, 11) is 0. The van der Waals surface area contributed by atoms with Crippen molar-refractivity contribution in [1.29, 1.82) is 0 Å². The molecule has 2 heterocycles. The SMILES string of the molecule is c1ccc2c(c1)CNC[C@H]2n1cccn1. The molecule has 0 bridgehead atoms. The van der Waals surface area contributed by atoms with E-state index in [2.05, 4.69) is 34.7 Å². The van der Waals surface area contributed by atoms with Crippen molar-refractivity contribution in [2.24, 2.45) is 0 Å². The second kappa shape index (κ2) is 3.51. The molecule has 1 aromatic carbocycles. The van der Waals surface area contributed by atoms with E-state index in [0.29, 0.717) is 6.04 Å². The fourth-order valence-electron chi connectivity index (χ4n) is 2.17. The first-order valence-electron chi connectivity index (χ1n) is 5.23. The zero-order valence-electron chi connectivity index (χ0n) is 8.43. The molecule has 1 N–H and O–H groups in total. The van der Waals surface area contributed by atoms with Gasteiger partial charge in [0.05, 0.1) is 6.04 Å². The molecular weight excluding hydrogens is 186 g/mol. The Morgan fingerprint density at radius 2 is 2.20 bits per heavy atom. The lowest BCUT2D eigenvalue weighted by atomic mass is 9.97. The summed E-state index contributed by atoms with van der Waals surface area (Å²) in [6.07, 6.45) is 3.85. The largest absolute Gasteiger partial charge is 0.310 e. The van der Waals surface area contributed by atoms with Crippen LogP contribution in [0.5, 0.6) is 0 Å². The van der Waals surface area contributed by atoms with Gasteiger partial charge in [-0.05, 0) is 17.2 Å². The van der Waals surface area contributed by atoms with Gasteiger partial charge in [-0.1, -0.05) is 24.3 Å². The molecule has 0 aliphatic carbocycles. The molecule has 0 radical (unpaired) electrons. The minimum absolute atomic E-state index is 0.338. The van der Waals surface area contributed by atoms with Crippen LogP contribution in [0.3, 0.4) is 0 Å². The predicted molar refractivity (Wildman–Crippen MR) is 58.5 cm³/mol. The highest BCUT2D eigenvalue weighted by molar-refractivity contribution is 5.32. The number of nitrogens with zero attached hydrogens (tertiary/aromatic N) is 2. The van der Waals surface area contributed by atoms with E-state index in [1.165, 1.54) is 11.1 Å². The van der Waals surface area contributed by atoms with Crippen molar-refractivity contribution < 1.29 is 0 Å². The number of hydrogen-bond acceptors (Lipinski definition) is 2. The molecule has 3 nitrogen and oxygen atoms in total. The molecule has 1 aromatic heterocycles. The van der Waals surface area contributed by atoms with Crippen LogP contribution in [0.15, 0.2) is 42.7 Å². The molecule has 0 unspecified atom stereocenters. The van der Waals surface area contributed by atoms with E-state index in [9.17, 15) is 0 Å². The van der Waals surface area contributed by atoms with E-state index < -0.39 is 0 Å². The third-order valence-corrected chi connectivity index (χ3v) is 2.91. The van der Waals surface area contributed by atoms with Crippen molar-refractivity contribution in [3.05, 3.63) is 53.9 Å². The van der Waals surface area contributed by atoms with Crippen LogP contribution in [0.4, 0.5) is 0 Å². The van der Waals surface area contributed by atoms with Crippen molar-refractivity contribution >= 4 is 0 Å². The topological polar surface area (TPSA) is 29.9 Å². The number of fused-ring (bicyclic) bond motifs is 1. The van der Waals surface area contributed by atoms with Crippen molar-refractivity contribution in [2.45, 2.75) is 12.6 Å². The number of hydrogen-bond donors (Lipinski definition) is 1. The van der Waals surface area contributed by atoms with E-state index in [1.54, 1.807) is 0 Å². The molecule has 3 rings (SSSR count). The van der Waals surface area contributed by atoms with Crippen LogP contribution in [0, 0.1) is 0 Å². The van der Waals surface area contributed by atoms with E-state index in [1.807, 2.05) is 23.1 Å². The van der Waals surface area contributed by atoms with Crippen molar-refractivity contribution in [2.75, 3.05) is 6.54 Å². The molecule has 1 atom stereocenters. The Labute approximate surface area is 88.7 Å². The number of rotatable bonds is 1. The maximum absolute atomic E-state index is 4.32. The molecule has 0 spiro atoms. The lowest BCUT2D eigenvalue weighted by Gasteiger charge is -2.26. The fourth-order valence-corrected chi connectivity index (χ4v) is 2.17. The standard InChI is InChI=1S/C12H13N3/c1-2-5-11-10(4-1)8-13-9-12(11)15-7-3-6-14-15/h1-7,12-13H,8-9H2/t12-/m1/s1. The molecule has 76 valence electrons. The van der Waals surface area contributed by atoms with Gasteiger partial charge in [0.2, 0.25) is 0 Å². The van der Waals surface area contributed by atoms with Gasteiger partial charge >= 0.3 is 0 Å². The predicted octanol–water partition coefficient (Wildman–Crippen LogP) is 1.58. The average Bonchev–Trinajstić information content (AvgIpc) is 2.82. The van der Waals surface area contributed by atoms with Crippen LogP contribution >= 0.6 is 0 Å². The van der Waals surface area contributed by atoms with E-state index in [4.69, 9.17) is 0 Å². The lowest BCUT2D eigenvalue weighted by molar-refractivity contribution is 0.452. The highest BCUT2D eigenvalue weighted by Crippen LogP contribution is 2.24. The van der Waals surface area contributed by atoms with Gasteiger partial charge in [-0.15, -0.1) is 0 Å². The Morgan fingerprint density at radius 1 is 1.27 bits per heavy atom. The van der Waals surface area contributed by atoms with E-state index in [0.717, 1.165) is 13.1 Å². The third-order valence-electron chi connectivity index (χ3n) is 2.91. The summed E-state index contributed by atoms with van der Waals surface area (Å²) in [6, 6.07) is 10.9. The first-order chi connectivity index (χ1) is 7.45. The van der Waals surface area contributed by atoms with Gasteiger partial charge < -0.3 is 5.32 Å². The van der Waals surface area contributed by atoms with Crippen molar-refractivity contribution in [3.63, 3.8) is 0 Å². The number of nitrogens with one attached hydrogen (secondary N) is 1. The van der Waals surface area contributed by atoms with Crippen LogP contribution in [0.1, 0.15) is 17.2 Å². The molecule has 15 heavy (non-hydrogen) atoms. The molecule has 3 heteroatoms. The normalized spacial score (nSPS) is 19.9. The molecule has 0 fully saturated rings. The van der Waals surface area contributed by atoms with Crippen LogP contribution in [0.2, 0.25) is 0 Å². The Bertz CT molecular complexity index is 448. The minimum Gasteiger partial charge on any atom is -0.310 e. The molecule has 0 saturated heterocycles. The van der Waals surface area contributed by atoms with Crippen molar-refractivity contribution in [1.82, 2.24) is 15.1 Å². The van der Waals surface area contributed by atoms with Gasteiger partial charge in [0, 0.05) is 25.5 Å². The molecule has 1 aliphatic heterocycles. The minimum atomic E-state index is 0.338. The molecule has 0 amide bonds. The zero-order valence-corrected chi connectivity index (χ0v) is 8.43. The lowest BCUT2D eigenvalue weighted by Crippen LogP contribution is -2.32. The molecular formula is C12H13N3. The maximum Gasteiger partial charge on any atom is 0.0896 e. The van der Waals surface area contributed by atoms with Crippen LogP contribution in [0.25, 0.3) is 0 Å². The van der Waals surface area contributed by atoms with Crippen LogP contribution in [-0.4, -0.2) is 16.3 Å². The summed E-state index contributed by atoms with van der Waals surface area (Å²) in [6.45, 7) is 1.92. The highest BCUT2D eigenvalue weighted by Gasteiger charge is 2.20. The van der Waals surface area contributed by atoms with E-state index >= 15 is 0 Å². The second-order valence-electron chi connectivity index (χ2n) is 3.83. The second-order valence-corrected chi connectivity index (χ2v) is 3.83. The molecule has 2 aromatic rings. The van der Waals surface area contributed by atoms with Gasteiger partial charge in [0.15, 0.2) is 0 Å². The quantitative estimate of drug-likeness (QED) is 0.755. The molecule has 0 saturated carbocycles. The number of aromatic nitrogens is 2.